The molecule has 16 heavy (non-hydrogen) atoms. The molecule has 0 aliphatic heterocycles. The standard InChI is InChI=1S/C11H12N4O/c1-8-6-13-15(7-8)10-4-2-9(3-5-10)11(12)14-16/h2-7,16H,1H3,(H2,12,14). The molecule has 0 unspecified atom stereocenters. The first-order valence-electron chi connectivity index (χ1n) is 4.80. The molecule has 5 nitrogen and oxygen atoms in total. The van der Waals surface area contributed by atoms with E-state index in [1.54, 1.807) is 23.0 Å². The van der Waals surface area contributed by atoms with Gasteiger partial charge in [0.2, 0.25) is 0 Å². The van der Waals surface area contributed by atoms with E-state index in [1.807, 2.05) is 25.3 Å². The van der Waals surface area contributed by atoms with Gasteiger partial charge < -0.3 is 10.9 Å². The van der Waals surface area contributed by atoms with Crippen molar-refractivity contribution in [3.8, 4) is 5.69 Å². The highest BCUT2D eigenvalue weighted by Gasteiger charge is 2.01. The second kappa shape index (κ2) is 4.06. The number of amidine groups is 1. The fraction of sp³-hybridized carbons (Fsp3) is 0.0909. The first kappa shape index (κ1) is 10.2. The summed E-state index contributed by atoms with van der Waals surface area (Å²) in [6, 6.07) is 7.28. The van der Waals surface area contributed by atoms with Crippen molar-refractivity contribution in [2.45, 2.75) is 6.92 Å². The first-order valence-corrected chi connectivity index (χ1v) is 4.80. The average molecular weight is 216 g/mol. The van der Waals surface area contributed by atoms with Gasteiger partial charge in [-0.25, -0.2) is 4.68 Å². The molecule has 0 saturated heterocycles. The monoisotopic (exact) mass is 216 g/mol. The van der Waals surface area contributed by atoms with Crippen molar-refractivity contribution in [3.05, 3.63) is 47.8 Å². The molecule has 0 amide bonds. The van der Waals surface area contributed by atoms with E-state index >= 15 is 0 Å². The quantitative estimate of drug-likeness (QED) is 0.343. The van der Waals surface area contributed by atoms with Crippen molar-refractivity contribution in [1.82, 2.24) is 9.78 Å². The lowest BCUT2D eigenvalue weighted by molar-refractivity contribution is 0.318. The van der Waals surface area contributed by atoms with Crippen molar-refractivity contribution < 1.29 is 5.21 Å². The molecular weight excluding hydrogens is 204 g/mol. The smallest absolute Gasteiger partial charge is 0.170 e. The van der Waals surface area contributed by atoms with Crippen molar-refractivity contribution >= 4 is 5.84 Å². The van der Waals surface area contributed by atoms with Gasteiger partial charge in [0.05, 0.1) is 11.9 Å². The Balaban J connectivity index is 2.33. The number of nitrogens with zero attached hydrogens (tertiary/aromatic N) is 3. The maximum atomic E-state index is 8.52. The normalized spacial score (nSPS) is 11.7. The Hall–Kier alpha value is -2.30. The lowest BCUT2D eigenvalue weighted by Crippen LogP contribution is -2.12. The summed E-state index contributed by atoms with van der Waals surface area (Å²) in [4.78, 5) is 0. The van der Waals surface area contributed by atoms with E-state index in [0.29, 0.717) is 5.56 Å². The summed E-state index contributed by atoms with van der Waals surface area (Å²) in [5.74, 6) is 0.100. The maximum absolute atomic E-state index is 8.52. The fourth-order valence-corrected chi connectivity index (χ4v) is 1.40. The Morgan fingerprint density at radius 2 is 2.06 bits per heavy atom. The van der Waals surface area contributed by atoms with Gasteiger partial charge in [-0.3, -0.25) is 0 Å². The van der Waals surface area contributed by atoms with E-state index in [9.17, 15) is 0 Å². The van der Waals surface area contributed by atoms with Crippen LogP contribution in [-0.4, -0.2) is 20.8 Å². The van der Waals surface area contributed by atoms with Crippen LogP contribution in [0.5, 0.6) is 0 Å². The molecule has 2 rings (SSSR count). The van der Waals surface area contributed by atoms with Crippen LogP contribution >= 0.6 is 0 Å². The molecule has 3 N–H and O–H groups in total. The molecular formula is C11H12N4O. The van der Waals surface area contributed by atoms with E-state index in [4.69, 9.17) is 10.9 Å². The molecule has 5 heteroatoms. The summed E-state index contributed by atoms with van der Waals surface area (Å²) < 4.78 is 1.77. The van der Waals surface area contributed by atoms with Gasteiger partial charge in [-0.2, -0.15) is 5.10 Å². The maximum Gasteiger partial charge on any atom is 0.170 e. The molecule has 82 valence electrons. The predicted octanol–water partition coefficient (Wildman–Crippen LogP) is 1.28. The van der Waals surface area contributed by atoms with E-state index in [2.05, 4.69) is 10.3 Å². The zero-order valence-corrected chi connectivity index (χ0v) is 8.83. The SMILES string of the molecule is Cc1cnn(-c2ccc(/C(N)=N/O)cc2)c1. The number of benzene rings is 1. The molecule has 1 heterocycles. The number of hydrogen-bond donors (Lipinski definition) is 2. The van der Waals surface area contributed by atoms with Crippen LogP contribution in [0.4, 0.5) is 0 Å². The zero-order valence-electron chi connectivity index (χ0n) is 8.83. The Labute approximate surface area is 92.8 Å². The summed E-state index contributed by atoms with van der Waals surface area (Å²) >= 11 is 0. The Kier molecular flexibility index (Phi) is 2.59. The van der Waals surface area contributed by atoms with Crippen molar-refractivity contribution in [2.75, 3.05) is 0 Å². The molecule has 0 spiro atoms. The number of aryl methyl sites for hydroxylation is 1. The van der Waals surface area contributed by atoms with Crippen LogP contribution in [0, 0.1) is 6.92 Å². The zero-order chi connectivity index (χ0) is 11.5. The molecule has 0 bridgehead atoms. The summed E-state index contributed by atoms with van der Waals surface area (Å²) in [6.07, 6.45) is 3.72. The van der Waals surface area contributed by atoms with E-state index in [1.165, 1.54) is 0 Å². The number of nitrogens with two attached hydrogens (primary N) is 1. The van der Waals surface area contributed by atoms with Gasteiger partial charge in [0, 0.05) is 11.8 Å². The highest BCUT2D eigenvalue weighted by atomic mass is 16.4. The molecule has 0 atom stereocenters. The third-order valence-corrected chi connectivity index (χ3v) is 2.25. The van der Waals surface area contributed by atoms with Gasteiger partial charge in [0.1, 0.15) is 0 Å². The Morgan fingerprint density at radius 3 is 2.56 bits per heavy atom. The molecule has 0 aliphatic rings. The van der Waals surface area contributed by atoms with Crippen LogP contribution in [0.1, 0.15) is 11.1 Å². The molecule has 1 aromatic carbocycles. The van der Waals surface area contributed by atoms with E-state index in [-0.39, 0.29) is 5.84 Å². The number of oxime groups is 1. The summed E-state index contributed by atoms with van der Waals surface area (Å²) in [7, 11) is 0. The van der Waals surface area contributed by atoms with Gasteiger partial charge in [-0.05, 0) is 36.8 Å². The lowest BCUT2D eigenvalue weighted by atomic mass is 10.2. The fourth-order valence-electron chi connectivity index (χ4n) is 1.40. The molecule has 0 radical (unpaired) electrons. The summed E-state index contributed by atoms with van der Waals surface area (Å²) in [6.45, 7) is 1.98. The minimum Gasteiger partial charge on any atom is -0.409 e. The van der Waals surface area contributed by atoms with Gasteiger partial charge >= 0.3 is 0 Å². The average Bonchev–Trinajstić information content (AvgIpc) is 2.75. The van der Waals surface area contributed by atoms with E-state index in [0.717, 1.165) is 11.3 Å². The molecule has 2 aromatic rings. The van der Waals surface area contributed by atoms with Crippen LogP contribution < -0.4 is 5.73 Å². The van der Waals surface area contributed by atoms with Gasteiger partial charge in [0.15, 0.2) is 5.84 Å². The molecule has 0 saturated carbocycles. The predicted molar refractivity (Wildman–Crippen MR) is 60.8 cm³/mol. The van der Waals surface area contributed by atoms with Gasteiger partial charge in [-0.15, -0.1) is 0 Å². The van der Waals surface area contributed by atoms with Crippen molar-refractivity contribution in [3.63, 3.8) is 0 Å². The third-order valence-electron chi connectivity index (χ3n) is 2.25. The Morgan fingerprint density at radius 1 is 1.38 bits per heavy atom. The van der Waals surface area contributed by atoms with Crippen molar-refractivity contribution in [1.29, 1.82) is 0 Å². The topological polar surface area (TPSA) is 76.4 Å². The molecule has 0 fully saturated rings. The number of hydrogen-bond acceptors (Lipinski definition) is 3. The van der Waals surface area contributed by atoms with Gasteiger partial charge in [-0.1, -0.05) is 5.16 Å². The molecule has 1 aromatic heterocycles. The molecule has 0 aliphatic carbocycles. The van der Waals surface area contributed by atoms with E-state index < -0.39 is 0 Å². The van der Waals surface area contributed by atoms with Crippen molar-refractivity contribution in [2.24, 2.45) is 10.9 Å². The largest absolute Gasteiger partial charge is 0.409 e. The Bertz CT molecular complexity index is 513. The third kappa shape index (κ3) is 1.88. The highest BCUT2D eigenvalue weighted by molar-refractivity contribution is 5.97. The second-order valence-electron chi connectivity index (χ2n) is 3.49. The lowest BCUT2D eigenvalue weighted by Gasteiger charge is -2.02. The first-order chi connectivity index (χ1) is 7.70. The van der Waals surface area contributed by atoms with Crippen LogP contribution in [0.3, 0.4) is 0 Å². The number of rotatable bonds is 2. The summed E-state index contributed by atoms with van der Waals surface area (Å²) in [5, 5.41) is 15.6. The van der Waals surface area contributed by atoms with Gasteiger partial charge in [0.25, 0.3) is 0 Å². The summed E-state index contributed by atoms with van der Waals surface area (Å²) in [5.41, 5.74) is 8.17. The highest BCUT2D eigenvalue weighted by Crippen LogP contribution is 2.09. The minimum absolute atomic E-state index is 0.100. The van der Waals surface area contributed by atoms with Crippen LogP contribution in [0.2, 0.25) is 0 Å². The second-order valence-corrected chi connectivity index (χ2v) is 3.49. The van der Waals surface area contributed by atoms with Crippen LogP contribution in [0.15, 0.2) is 41.8 Å². The van der Waals surface area contributed by atoms with Crippen LogP contribution in [0.25, 0.3) is 5.69 Å². The number of aromatic nitrogens is 2. The van der Waals surface area contributed by atoms with Crippen LogP contribution in [-0.2, 0) is 0 Å². The minimum atomic E-state index is 0.100.